The number of esters is 2. The SMILES string of the molecule is CCOC(=O)C(CC)(CCC(=O)OCc1ccccc1)c1cncc(Nc2ccccc2OC)n1. The Kier molecular flexibility index (Phi) is 9.17. The summed E-state index contributed by atoms with van der Waals surface area (Å²) < 4.78 is 16.2. The zero-order chi connectivity index (χ0) is 25.1. The van der Waals surface area contributed by atoms with Crippen molar-refractivity contribution in [2.75, 3.05) is 19.0 Å². The summed E-state index contributed by atoms with van der Waals surface area (Å²) in [6.07, 6.45) is 3.71. The molecule has 35 heavy (non-hydrogen) atoms. The van der Waals surface area contributed by atoms with Crippen LogP contribution in [0, 0.1) is 0 Å². The highest BCUT2D eigenvalue weighted by Gasteiger charge is 2.42. The van der Waals surface area contributed by atoms with Crippen molar-refractivity contribution in [3.8, 4) is 5.75 Å². The van der Waals surface area contributed by atoms with Crippen molar-refractivity contribution < 1.29 is 23.8 Å². The van der Waals surface area contributed by atoms with Gasteiger partial charge in [0.1, 0.15) is 23.6 Å². The zero-order valence-corrected chi connectivity index (χ0v) is 20.3. The number of carbonyl (C=O) groups is 2. The molecule has 1 atom stereocenters. The van der Waals surface area contributed by atoms with Crippen molar-refractivity contribution in [1.29, 1.82) is 0 Å². The maximum atomic E-state index is 13.2. The molecule has 0 aliphatic rings. The first-order valence-corrected chi connectivity index (χ1v) is 11.6. The third-order valence-electron chi connectivity index (χ3n) is 5.76. The molecular formula is C27H31N3O5. The topological polar surface area (TPSA) is 99.6 Å². The summed E-state index contributed by atoms with van der Waals surface area (Å²) in [5.74, 6) is 0.253. The number of aromatic nitrogens is 2. The molecule has 0 saturated carbocycles. The van der Waals surface area contributed by atoms with E-state index in [9.17, 15) is 9.59 Å². The smallest absolute Gasteiger partial charge is 0.318 e. The summed E-state index contributed by atoms with van der Waals surface area (Å²) in [5.41, 5.74) is 0.889. The van der Waals surface area contributed by atoms with E-state index in [-0.39, 0.29) is 26.1 Å². The molecule has 1 unspecified atom stereocenters. The summed E-state index contributed by atoms with van der Waals surface area (Å²) in [5, 5.41) is 3.19. The molecule has 0 aliphatic carbocycles. The number of carbonyl (C=O) groups excluding carboxylic acids is 2. The second kappa shape index (κ2) is 12.5. The highest BCUT2D eigenvalue weighted by atomic mass is 16.5. The number of hydrogen-bond donors (Lipinski definition) is 1. The van der Waals surface area contributed by atoms with Gasteiger partial charge in [-0.1, -0.05) is 49.4 Å². The summed E-state index contributed by atoms with van der Waals surface area (Å²) >= 11 is 0. The van der Waals surface area contributed by atoms with Gasteiger partial charge in [0.2, 0.25) is 0 Å². The van der Waals surface area contributed by atoms with E-state index in [2.05, 4.69) is 15.3 Å². The lowest BCUT2D eigenvalue weighted by atomic mass is 9.77. The van der Waals surface area contributed by atoms with Gasteiger partial charge in [-0.15, -0.1) is 0 Å². The van der Waals surface area contributed by atoms with E-state index in [1.807, 2.05) is 61.5 Å². The highest BCUT2D eigenvalue weighted by molar-refractivity contribution is 5.83. The Hall–Kier alpha value is -3.94. The molecule has 0 aliphatic heterocycles. The van der Waals surface area contributed by atoms with Gasteiger partial charge in [0.15, 0.2) is 0 Å². The minimum absolute atomic E-state index is 0.0331. The van der Waals surface area contributed by atoms with Crippen molar-refractivity contribution in [3.05, 3.63) is 78.2 Å². The van der Waals surface area contributed by atoms with E-state index in [0.717, 1.165) is 5.56 Å². The molecule has 184 valence electrons. The molecule has 3 aromatic rings. The Morgan fingerprint density at radius 2 is 1.71 bits per heavy atom. The van der Waals surface area contributed by atoms with Crippen molar-refractivity contribution in [2.45, 2.75) is 45.1 Å². The lowest BCUT2D eigenvalue weighted by Gasteiger charge is -2.29. The molecule has 8 nitrogen and oxygen atoms in total. The van der Waals surface area contributed by atoms with Gasteiger partial charge in [-0.25, -0.2) is 4.98 Å². The molecule has 3 rings (SSSR count). The van der Waals surface area contributed by atoms with Crippen molar-refractivity contribution >= 4 is 23.4 Å². The Bertz CT molecular complexity index is 1120. The van der Waals surface area contributed by atoms with Crippen LogP contribution in [-0.2, 0) is 31.1 Å². The fourth-order valence-electron chi connectivity index (χ4n) is 3.77. The monoisotopic (exact) mass is 477 g/mol. The first-order valence-electron chi connectivity index (χ1n) is 11.6. The van der Waals surface area contributed by atoms with Gasteiger partial charge in [-0.3, -0.25) is 14.6 Å². The fraction of sp³-hybridized carbons (Fsp3) is 0.333. The molecule has 2 aromatic carbocycles. The molecular weight excluding hydrogens is 446 g/mol. The van der Waals surface area contributed by atoms with Gasteiger partial charge in [0.25, 0.3) is 0 Å². The molecule has 0 spiro atoms. The zero-order valence-electron chi connectivity index (χ0n) is 20.3. The quantitative estimate of drug-likeness (QED) is 0.365. The van der Waals surface area contributed by atoms with Crippen LogP contribution in [0.25, 0.3) is 0 Å². The Morgan fingerprint density at radius 3 is 2.43 bits per heavy atom. The summed E-state index contributed by atoms with van der Waals surface area (Å²) in [4.78, 5) is 34.7. The van der Waals surface area contributed by atoms with E-state index in [4.69, 9.17) is 14.2 Å². The van der Waals surface area contributed by atoms with E-state index < -0.39 is 17.4 Å². The predicted octanol–water partition coefficient (Wildman–Crippen LogP) is 4.96. The first kappa shape index (κ1) is 25.7. The molecule has 0 bridgehead atoms. The Labute approximate surface area is 205 Å². The minimum Gasteiger partial charge on any atom is -0.495 e. The van der Waals surface area contributed by atoms with Gasteiger partial charge >= 0.3 is 11.9 Å². The number of nitrogens with one attached hydrogen (secondary N) is 1. The van der Waals surface area contributed by atoms with E-state index in [1.54, 1.807) is 26.4 Å². The number of ether oxygens (including phenoxy) is 3. The number of nitrogens with zero attached hydrogens (tertiary/aromatic N) is 2. The number of para-hydroxylation sites is 2. The minimum atomic E-state index is -1.15. The Morgan fingerprint density at radius 1 is 0.971 bits per heavy atom. The molecule has 1 aromatic heterocycles. The number of hydrogen-bond acceptors (Lipinski definition) is 8. The number of methoxy groups -OCH3 is 1. The third-order valence-corrected chi connectivity index (χ3v) is 5.76. The van der Waals surface area contributed by atoms with Gasteiger partial charge in [0, 0.05) is 12.6 Å². The van der Waals surface area contributed by atoms with Gasteiger partial charge in [-0.2, -0.15) is 0 Å². The molecule has 0 radical (unpaired) electrons. The van der Waals surface area contributed by atoms with Crippen LogP contribution in [-0.4, -0.2) is 35.6 Å². The number of rotatable bonds is 12. The number of anilines is 2. The maximum Gasteiger partial charge on any atom is 0.318 e. The molecule has 0 fully saturated rings. The molecule has 0 amide bonds. The third kappa shape index (κ3) is 6.56. The van der Waals surface area contributed by atoms with Crippen LogP contribution in [0.4, 0.5) is 11.5 Å². The van der Waals surface area contributed by atoms with Crippen LogP contribution >= 0.6 is 0 Å². The molecule has 8 heteroatoms. The average Bonchev–Trinajstić information content (AvgIpc) is 2.89. The van der Waals surface area contributed by atoms with Crippen molar-refractivity contribution in [3.63, 3.8) is 0 Å². The first-order chi connectivity index (χ1) is 17.0. The van der Waals surface area contributed by atoms with Gasteiger partial charge in [0.05, 0.1) is 31.3 Å². The fourth-order valence-corrected chi connectivity index (χ4v) is 3.77. The van der Waals surface area contributed by atoms with E-state index in [1.165, 1.54) is 0 Å². The largest absolute Gasteiger partial charge is 0.495 e. The van der Waals surface area contributed by atoms with Crippen LogP contribution in [0.15, 0.2) is 67.0 Å². The van der Waals surface area contributed by atoms with Crippen LogP contribution < -0.4 is 10.1 Å². The summed E-state index contributed by atoms with van der Waals surface area (Å²) in [6, 6.07) is 16.9. The second-order valence-corrected chi connectivity index (χ2v) is 7.92. The van der Waals surface area contributed by atoms with Crippen LogP contribution in [0.2, 0.25) is 0 Å². The van der Waals surface area contributed by atoms with Crippen LogP contribution in [0.3, 0.4) is 0 Å². The van der Waals surface area contributed by atoms with Gasteiger partial charge < -0.3 is 19.5 Å². The van der Waals surface area contributed by atoms with E-state index >= 15 is 0 Å². The summed E-state index contributed by atoms with van der Waals surface area (Å²) in [7, 11) is 1.59. The van der Waals surface area contributed by atoms with Gasteiger partial charge in [-0.05, 0) is 37.5 Å². The average molecular weight is 478 g/mol. The standard InChI is InChI=1S/C27H31N3O5/c1-4-27(26(32)34-5-2,16-15-25(31)35-19-20-11-7-6-8-12-20)23-17-28-18-24(30-23)29-21-13-9-10-14-22(21)33-3/h6-14,17-18H,4-5,15-16,19H2,1-3H3,(H,29,30). The van der Waals surface area contributed by atoms with Crippen LogP contribution in [0.1, 0.15) is 44.4 Å². The molecule has 1 N–H and O–H groups in total. The van der Waals surface area contributed by atoms with Crippen LogP contribution in [0.5, 0.6) is 5.75 Å². The Balaban J connectivity index is 1.81. The number of benzene rings is 2. The van der Waals surface area contributed by atoms with Crippen molar-refractivity contribution in [1.82, 2.24) is 9.97 Å². The van der Waals surface area contributed by atoms with E-state index in [0.29, 0.717) is 29.4 Å². The molecule has 1 heterocycles. The maximum absolute atomic E-state index is 13.2. The normalized spacial score (nSPS) is 12.3. The summed E-state index contributed by atoms with van der Waals surface area (Å²) in [6.45, 7) is 4.01. The molecule has 0 saturated heterocycles. The van der Waals surface area contributed by atoms with Crippen molar-refractivity contribution in [2.24, 2.45) is 0 Å². The predicted molar refractivity (Wildman–Crippen MR) is 132 cm³/mol. The second-order valence-electron chi connectivity index (χ2n) is 7.92. The lowest BCUT2D eigenvalue weighted by Crippen LogP contribution is -2.39. The lowest BCUT2D eigenvalue weighted by molar-refractivity contribution is -0.152. The highest BCUT2D eigenvalue weighted by Crippen LogP contribution is 2.35.